The number of nitrogen functional groups attached to an aromatic ring is 1. The molecule has 0 bridgehead atoms. The van der Waals surface area contributed by atoms with Gasteiger partial charge in [0.15, 0.2) is 0 Å². The molecule has 8 heteroatoms. The number of rotatable bonds is 2. The zero-order valence-electron chi connectivity index (χ0n) is 9.62. The smallest absolute Gasteiger partial charge is 0.285 e. The van der Waals surface area contributed by atoms with Gasteiger partial charge in [-0.3, -0.25) is 10.1 Å². The molecule has 0 atom stereocenters. The first-order chi connectivity index (χ1) is 8.38. The summed E-state index contributed by atoms with van der Waals surface area (Å²) in [4.78, 5) is 12.5. The average molecular weight is 268 g/mol. The summed E-state index contributed by atoms with van der Waals surface area (Å²) in [5, 5.41) is 2.37. The van der Waals surface area contributed by atoms with E-state index in [1.807, 2.05) is 0 Å². The first-order valence-electron chi connectivity index (χ1n) is 5.10. The predicted molar refractivity (Wildman–Crippen MR) is 66.2 cm³/mol. The number of sulfonamides is 1. The lowest BCUT2D eigenvalue weighted by Gasteiger charge is -2.08. The number of hydrogen-bond acceptors (Lipinski definition) is 4. The molecule has 0 spiro atoms. The van der Waals surface area contributed by atoms with Crippen LogP contribution in [0.15, 0.2) is 33.6 Å². The Morgan fingerprint density at radius 3 is 2.44 bits per heavy atom. The fourth-order valence-corrected chi connectivity index (χ4v) is 2.45. The zero-order valence-corrected chi connectivity index (χ0v) is 10.4. The van der Waals surface area contributed by atoms with Gasteiger partial charge >= 0.3 is 0 Å². The molecule has 0 saturated carbocycles. The van der Waals surface area contributed by atoms with E-state index in [0.717, 1.165) is 0 Å². The Morgan fingerprint density at radius 1 is 1.33 bits per heavy atom. The highest BCUT2D eigenvalue weighted by Crippen LogP contribution is 2.15. The highest BCUT2D eigenvalue weighted by Gasteiger charge is 2.24. The van der Waals surface area contributed by atoms with Gasteiger partial charge in [-0.05, 0) is 24.3 Å². The van der Waals surface area contributed by atoms with Crippen LogP contribution in [-0.2, 0) is 14.8 Å². The molecule has 96 valence electrons. The number of nitrogens with one attached hydrogen (secondary N) is 1. The largest absolute Gasteiger partial charge is 0.399 e. The number of carbonyl (C=O) groups excluding carboxylic acids is 1. The SMILES string of the molecule is CN1CC(=O)N/C1=N\S(=O)(=O)c1ccc(N)cc1. The van der Waals surface area contributed by atoms with E-state index in [2.05, 4.69) is 9.71 Å². The Morgan fingerprint density at radius 2 is 1.94 bits per heavy atom. The third-order valence-corrected chi connectivity index (χ3v) is 3.66. The molecule has 1 aliphatic rings. The predicted octanol–water partition coefficient (Wildman–Crippen LogP) is -0.625. The van der Waals surface area contributed by atoms with E-state index in [4.69, 9.17) is 5.73 Å². The minimum Gasteiger partial charge on any atom is -0.399 e. The van der Waals surface area contributed by atoms with Crippen molar-refractivity contribution < 1.29 is 13.2 Å². The molecule has 3 N–H and O–H groups in total. The van der Waals surface area contributed by atoms with Crippen molar-refractivity contribution in [2.75, 3.05) is 19.3 Å². The van der Waals surface area contributed by atoms with Gasteiger partial charge in [-0.25, -0.2) is 0 Å². The Hall–Kier alpha value is -2.09. The van der Waals surface area contributed by atoms with Gasteiger partial charge in [-0.2, -0.15) is 8.42 Å². The maximum absolute atomic E-state index is 11.9. The summed E-state index contributed by atoms with van der Waals surface area (Å²) in [5.74, 6) is -0.263. The molecule has 1 saturated heterocycles. The van der Waals surface area contributed by atoms with Crippen molar-refractivity contribution in [3.8, 4) is 0 Å². The van der Waals surface area contributed by atoms with E-state index >= 15 is 0 Å². The lowest BCUT2D eigenvalue weighted by Crippen LogP contribution is -2.28. The first kappa shape index (κ1) is 12.4. The van der Waals surface area contributed by atoms with Crippen LogP contribution in [0, 0.1) is 0 Å². The maximum atomic E-state index is 11.9. The van der Waals surface area contributed by atoms with Gasteiger partial charge in [-0.15, -0.1) is 4.40 Å². The second-order valence-electron chi connectivity index (χ2n) is 3.86. The van der Waals surface area contributed by atoms with Crippen molar-refractivity contribution in [3.05, 3.63) is 24.3 Å². The molecule has 2 rings (SSSR count). The minimum atomic E-state index is -3.84. The average Bonchev–Trinajstić information content (AvgIpc) is 2.57. The van der Waals surface area contributed by atoms with Crippen LogP contribution in [0.5, 0.6) is 0 Å². The summed E-state index contributed by atoms with van der Waals surface area (Å²) in [6.07, 6.45) is 0. The summed E-state index contributed by atoms with van der Waals surface area (Å²) in [7, 11) is -2.26. The van der Waals surface area contributed by atoms with Gasteiger partial charge in [0.25, 0.3) is 10.0 Å². The Labute approximate surface area is 104 Å². The number of nitrogens with two attached hydrogens (primary N) is 1. The van der Waals surface area contributed by atoms with Crippen molar-refractivity contribution in [3.63, 3.8) is 0 Å². The first-order valence-corrected chi connectivity index (χ1v) is 6.54. The van der Waals surface area contributed by atoms with Crippen molar-refractivity contribution in [1.82, 2.24) is 10.2 Å². The number of likely N-dealkylation sites (N-methyl/N-ethyl adjacent to an activating group) is 1. The molecule has 1 aromatic rings. The lowest BCUT2D eigenvalue weighted by atomic mass is 10.3. The van der Waals surface area contributed by atoms with E-state index in [1.165, 1.54) is 29.2 Å². The molecule has 1 amide bonds. The molecule has 0 aliphatic carbocycles. The molecular formula is C10H12N4O3S. The maximum Gasteiger partial charge on any atom is 0.285 e. The second kappa shape index (κ2) is 4.30. The number of carbonyl (C=O) groups is 1. The third-order valence-electron chi connectivity index (χ3n) is 2.38. The number of amides is 1. The Bertz CT molecular complexity index is 607. The van der Waals surface area contributed by atoms with Crippen LogP contribution in [0.4, 0.5) is 5.69 Å². The number of anilines is 1. The molecule has 1 heterocycles. The molecule has 7 nitrogen and oxygen atoms in total. The van der Waals surface area contributed by atoms with Crippen LogP contribution in [0.3, 0.4) is 0 Å². The number of hydrogen-bond donors (Lipinski definition) is 2. The van der Waals surface area contributed by atoms with Crippen molar-refractivity contribution >= 4 is 27.6 Å². The van der Waals surface area contributed by atoms with Crippen LogP contribution < -0.4 is 11.1 Å². The number of benzene rings is 1. The molecule has 1 fully saturated rings. The van der Waals surface area contributed by atoms with E-state index in [-0.39, 0.29) is 23.3 Å². The summed E-state index contributed by atoms with van der Waals surface area (Å²) >= 11 is 0. The Kier molecular flexibility index (Phi) is 2.95. The quantitative estimate of drug-likeness (QED) is 0.695. The fourth-order valence-electron chi connectivity index (χ4n) is 1.45. The molecule has 0 unspecified atom stereocenters. The van der Waals surface area contributed by atoms with Crippen LogP contribution in [0.2, 0.25) is 0 Å². The highest BCUT2D eigenvalue weighted by atomic mass is 32.2. The van der Waals surface area contributed by atoms with Gasteiger partial charge in [0.1, 0.15) is 0 Å². The molecule has 0 aromatic heterocycles. The molecule has 18 heavy (non-hydrogen) atoms. The monoisotopic (exact) mass is 268 g/mol. The number of nitrogens with zero attached hydrogens (tertiary/aromatic N) is 2. The Balaban J connectivity index is 2.35. The normalized spacial score (nSPS) is 18.2. The number of guanidine groups is 1. The van der Waals surface area contributed by atoms with Gasteiger partial charge in [-0.1, -0.05) is 0 Å². The second-order valence-corrected chi connectivity index (χ2v) is 5.47. The minimum absolute atomic E-state index is 0.0248. The summed E-state index contributed by atoms with van der Waals surface area (Å²) in [6, 6.07) is 5.69. The van der Waals surface area contributed by atoms with Crippen LogP contribution in [0.1, 0.15) is 0 Å². The summed E-state index contributed by atoms with van der Waals surface area (Å²) in [6.45, 7) is 0.0933. The van der Waals surface area contributed by atoms with E-state index in [0.29, 0.717) is 5.69 Å². The third kappa shape index (κ3) is 2.43. The van der Waals surface area contributed by atoms with E-state index in [9.17, 15) is 13.2 Å². The molecule has 0 radical (unpaired) electrons. The van der Waals surface area contributed by atoms with Crippen molar-refractivity contribution in [2.24, 2.45) is 4.40 Å². The summed E-state index contributed by atoms with van der Waals surface area (Å²) in [5.41, 5.74) is 5.94. The van der Waals surface area contributed by atoms with Crippen LogP contribution in [0.25, 0.3) is 0 Å². The van der Waals surface area contributed by atoms with Gasteiger partial charge in [0.05, 0.1) is 11.4 Å². The highest BCUT2D eigenvalue weighted by molar-refractivity contribution is 7.90. The lowest BCUT2D eigenvalue weighted by molar-refractivity contribution is -0.118. The zero-order chi connectivity index (χ0) is 13.3. The fraction of sp³-hybridized carbons (Fsp3) is 0.200. The van der Waals surface area contributed by atoms with Gasteiger partial charge < -0.3 is 10.6 Å². The van der Waals surface area contributed by atoms with Crippen molar-refractivity contribution in [2.45, 2.75) is 4.90 Å². The molecule has 1 aliphatic heterocycles. The van der Waals surface area contributed by atoms with Crippen LogP contribution >= 0.6 is 0 Å². The van der Waals surface area contributed by atoms with Gasteiger partial charge in [0, 0.05) is 12.7 Å². The molecular weight excluding hydrogens is 256 g/mol. The van der Waals surface area contributed by atoms with Crippen molar-refractivity contribution in [1.29, 1.82) is 0 Å². The summed E-state index contributed by atoms with van der Waals surface area (Å²) < 4.78 is 27.5. The topological polar surface area (TPSA) is 105 Å². The van der Waals surface area contributed by atoms with E-state index < -0.39 is 10.0 Å². The van der Waals surface area contributed by atoms with E-state index in [1.54, 1.807) is 7.05 Å². The van der Waals surface area contributed by atoms with Crippen LogP contribution in [-0.4, -0.2) is 38.8 Å². The molecule has 1 aromatic carbocycles. The standard InChI is InChI=1S/C10H12N4O3S/c1-14-6-9(15)12-10(14)13-18(16,17)8-4-2-7(11)3-5-8/h2-5H,6,11H2,1H3,(H,12,13,15). The van der Waals surface area contributed by atoms with Gasteiger partial charge in [0.2, 0.25) is 11.9 Å².